The molecule has 86 valence electrons. The van der Waals surface area contributed by atoms with Crippen LogP contribution in [0.2, 0.25) is 0 Å². The molecular formula is C11H17F2NS. The van der Waals surface area contributed by atoms with Gasteiger partial charge in [0.1, 0.15) is 0 Å². The lowest BCUT2D eigenvalue weighted by Crippen LogP contribution is -2.36. The first-order chi connectivity index (χ1) is 7.24. The van der Waals surface area contributed by atoms with Crippen LogP contribution in [0.1, 0.15) is 24.6 Å². The van der Waals surface area contributed by atoms with Crippen LogP contribution < -0.4 is 5.32 Å². The highest BCUT2D eigenvalue weighted by molar-refractivity contribution is 7.09. The molecule has 1 aromatic rings. The summed E-state index contributed by atoms with van der Waals surface area (Å²) in [6.45, 7) is 2.65. The Morgan fingerprint density at radius 1 is 1.47 bits per heavy atom. The van der Waals surface area contributed by atoms with Crippen molar-refractivity contribution in [1.29, 1.82) is 0 Å². The largest absolute Gasteiger partial charge is 0.309 e. The predicted molar refractivity (Wildman–Crippen MR) is 60.7 cm³/mol. The average Bonchev–Trinajstić information content (AvgIpc) is 2.70. The third-order valence-corrected chi connectivity index (χ3v) is 3.18. The average molecular weight is 233 g/mol. The first kappa shape index (κ1) is 12.6. The summed E-state index contributed by atoms with van der Waals surface area (Å²) >= 11 is 1.63. The van der Waals surface area contributed by atoms with E-state index in [4.69, 9.17) is 0 Å². The molecule has 0 bridgehead atoms. The number of hydrogen-bond donors (Lipinski definition) is 1. The Labute approximate surface area is 93.5 Å². The molecule has 15 heavy (non-hydrogen) atoms. The van der Waals surface area contributed by atoms with E-state index in [0.717, 1.165) is 12.8 Å². The maximum atomic E-state index is 12.6. The molecule has 0 spiro atoms. The Morgan fingerprint density at radius 3 is 2.80 bits per heavy atom. The van der Waals surface area contributed by atoms with Crippen molar-refractivity contribution >= 4 is 11.3 Å². The molecule has 1 unspecified atom stereocenters. The fraction of sp³-hybridized carbons (Fsp3) is 0.636. The van der Waals surface area contributed by atoms with Gasteiger partial charge in [-0.15, -0.1) is 11.3 Å². The van der Waals surface area contributed by atoms with Gasteiger partial charge in [0, 0.05) is 4.88 Å². The minimum atomic E-state index is -2.27. The molecule has 1 N–H and O–H groups in total. The number of halogens is 2. The summed E-state index contributed by atoms with van der Waals surface area (Å²) in [6.07, 6.45) is -0.124. The molecule has 0 aliphatic carbocycles. The third kappa shape index (κ3) is 4.71. The van der Waals surface area contributed by atoms with Crippen molar-refractivity contribution in [3.05, 3.63) is 22.4 Å². The fourth-order valence-electron chi connectivity index (χ4n) is 1.40. The second kappa shape index (κ2) is 6.90. The molecule has 0 aromatic carbocycles. The molecule has 0 saturated carbocycles. The second-order valence-electron chi connectivity index (χ2n) is 3.51. The number of thiophene rings is 1. The number of alkyl halides is 2. The molecule has 1 atom stereocenters. The highest BCUT2D eigenvalue weighted by Gasteiger charge is 2.18. The van der Waals surface area contributed by atoms with Crippen LogP contribution in [0.25, 0.3) is 0 Å². The van der Waals surface area contributed by atoms with Crippen LogP contribution >= 0.6 is 11.3 Å². The monoisotopic (exact) mass is 233 g/mol. The van der Waals surface area contributed by atoms with E-state index in [-0.39, 0.29) is 0 Å². The first-order valence-electron chi connectivity index (χ1n) is 5.28. The number of aryl methyl sites for hydroxylation is 1. The molecule has 1 aromatic heterocycles. The first-order valence-corrected chi connectivity index (χ1v) is 6.16. The molecule has 0 amide bonds. The van der Waals surface area contributed by atoms with E-state index < -0.39 is 12.5 Å². The highest BCUT2D eigenvalue weighted by atomic mass is 32.1. The van der Waals surface area contributed by atoms with Gasteiger partial charge in [-0.3, -0.25) is 0 Å². The molecule has 1 nitrogen and oxygen atoms in total. The summed E-state index contributed by atoms with van der Waals surface area (Å²) < 4.78 is 25.2. The molecule has 0 fully saturated rings. The summed E-state index contributed by atoms with van der Waals surface area (Å²) in [4.78, 5) is 1.18. The van der Waals surface area contributed by atoms with Gasteiger partial charge in [0.05, 0.1) is 6.04 Å². The van der Waals surface area contributed by atoms with Crippen LogP contribution in [0, 0.1) is 0 Å². The van der Waals surface area contributed by atoms with Gasteiger partial charge in [-0.25, -0.2) is 8.78 Å². The molecule has 1 heterocycles. The van der Waals surface area contributed by atoms with Crippen LogP contribution in [-0.2, 0) is 6.42 Å². The highest BCUT2D eigenvalue weighted by Crippen LogP contribution is 2.14. The number of rotatable bonds is 7. The van der Waals surface area contributed by atoms with E-state index in [1.54, 1.807) is 11.3 Å². The Balaban J connectivity index is 2.31. The molecule has 0 radical (unpaired) electrons. The van der Waals surface area contributed by atoms with Crippen LogP contribution in [0.5, 0.6) is 0 Å². The zero-order chi connectivity index (χ0) is 11.1. The molecular weight excluding hydrogens is 216 g/mol. The summed E-state index contributed by atoms with van der Waals surface area (Å²) in [7, 11) is 0. The van der Waals surface area contributed by atoms with Crippen molar-refractivity contribution in [2.75, 3.05) is 6.54 Å². The van der Waals surface area contributed by atoms with Crippen molar-refractivity contribution in [2.45, 2.75) is 38.7 Å². The Hall–Kier alpha value is -0.480. The minimum absolute atomic E-state index is 0.512. The van der Waals surface area contributed by atoms with Gasteiger partial charge in [0.2, 0.25) is 0 Å². The molecule has 0 aliphatic rings. The Kier molecular flexibility index (Phi) is 5.79. The SMILES string of the molecule is CCCNC(CCc1cccs1)C(F)F. The van der Waals surface area contributed by atoms with Crippen LogP contribution in [0.4, 0.5) is 8.78 Å². The van der Waals surface area contributed by atoms with E-state index in [0.29, 0.717) is 13.0 Å². The van der Waals surface area contributed by atoms with Gasteiger partial charge < -0.3 is 5.32 Å². The zero-order valence-corrected chi connectivity index (χ0v) is 9.70. The van der Waals surface area contributed by atoms with E-state index >= 15 is 0 Å². The van der Waals surface area contributed by atoms with Gasteiger partial charge in [-0.05, 0) is 37.3 Å². The summed E-state index contributed by atoms with van der Waals surface area (Å²) in [5, 5.41) is 4.86. The van der Waals surface area contributed by atoms with Crippen LogP contribution in [0.3, 0.4) is 0 Å². The van der Waals surface area contributed by atoms with E-state index in [1.807, 2.05) is 24.4 Å². The van der Waals surface area contributed by atoms with Gasteiger partial charge in [0.25, 0.3) is 6.43 Å². The number of hydrogen-bond acceptors (Lipinski definition) is 2. The normalized spacial score (nSPS) is 13.3. The standard InChI is InChI=1S/C11H17F2NS/c1-2-7-14-10(11(12)13)6-5-9-4-3-8-15-9/h3-4,8,10-11,14H,2,5-7H2,1H3. The van der Waals surface area contributed by atoms with Gasteiger partial charge in [-0.2, -0.15) is 0 Å². The Bertz CT molecular complexity index is 249. The van der Waals surface area contributed by atoms with Crippen molar-refractivity contribution in [3.8, 4) is 0 Å². The maximum absolute atomic E-state index is 12.6. The second-order valence-corrected chi connectivity index (χ2v) is 4.55. The topological polar surface area (TPSA) is 12.0 Å². The van der Waals surface area contributed by atoms with E-state index in [1.165, 1.54) is 4.88 Å². The molecule has 0 saturated heterocycles. The lowest BCUT2D eigenvalue weighted by atomic mass is 10.1. The van der Waals surface area contributed by atoms with Crippen molar-refractivity contribution in [2.24, 2.45) is 0 Å². The summed E-state index contributed by atoms with van der Waals surface area (Å²) in [5.74, 6) is 0. The molecule has 4 heteroatoms. The quantitative estimate of drug-likeness (QED) is 0.762. The lowest BCUT2D eigenvalue weighted by Gasteiger charge is -2.16. The maximum Gasteiger partial charge on any atom is 0.253 e. The van der Waals surface area contributed by atoms with Gasteiger partial charge >= 0.3 is 0 Å². The predicted octanol–water partition coefficient (Wildman–Crippen LogP) is 3.31. The number of nitrogens with one attached hydrogen (secondary N) is 1. The van der Waals surface area contributed by atoms with Gasteiger partial charge in [0.15, 0.2) is 0 Å². The Morgan fingerprint density at radius 2 is 2.27 bits per heavy atom. The summed E-state index contributed by atoms with van der Waals surface area (Å²) in [5.41, 5.74) is 0. The lowest BCUT2D eigenvalue weighted by molar-refractivity contribution is 0.0944. The third-order valence-electron chi connectivity index (χ3n) is 2.24. The minimum Gasteiger partial charge on any atom is -0.309 e. The van der Waals surface area contributed by atoms with Crippen molar-refractivity contribution in [3.63, 3.8) is 0 Å². The molecule has 0 aliphatic heterocycles. The molecule has 1 rings (SSSR count). The van der Waals surface area contributed by atoms with Gasteiger partial charge in [-0.1, -0.05) is 13.0 Å². The van der Waals surface area contributed by atoms with Crippen LogP contribution in [0.15, 0.2) is 17.5 Å². The van der Waals surface area contributed by atoms with Crippen molar-refractivity contribution in [1.82, 2.24) is 5.32 Å². The fourth-order valence-corrected chi connectivity index (χ4v) is 2.12. The van der Waals surface area contributed by atoms with Crippen LogP contribution in [-0.4, -0.2) is 19.0 Å². The van der Waals surface area contributed by atoms with E-state index in [2.05, 4.69) is 5.32 Å². The van der Waals surface area contributed by atoms with Crippen molar-refractivity contribution < 1.29 is 8.78 Å². The zero-order valence-electron chi connectivity index (χ0n) is 8.88. The van der Waals surface area contributed by atoms with E-state index in [9.17, 15) is 8.78 Å². The summed E-state index contributed by atoms with van der Waals surface area (Å²) in [6, 6.07) is 3.29. The smallest absolute Gasteiger partial charge is 0.253 e.